The van der Waals surface area contributed by atoms with Crippen LogP contribution in [-0.4, -0.2) is 62.2 Å². The van der Waals surface area contributed by atoms with E-state index in [1.54, 1.807) is 0 Å². The van der Waals surface area contributed by atoms with Crippen LogP contribution in [0.1, 0.15) is 73.8 Å². The first-order valence-corrected chi connectivity index (χ1v) is 13.9. The van der Waals surface area contributed by atoms with Crippen LogP contribution in [0.4, 0.5) is 8.78 Å². The highest BCUT2D eigenvalue weighted by atomic mass is 19.1. The number of piperidine rings is 1. The third-order valence-electron chi connectivity index (χ3n) is 8.59. The number of hydrogen-bond acceptors (Lipinski definition) is 4. The number of amides is 1. The highest BCUT2D eigenvalue weighted by Crippen LogP contribution is 2.39. The van der Waals surface area contributed by atoms with E-state index < -0.39 is 11.6 Å². The minimum atomic E-state index is -0.601. The molecule has 1 amide bonds. The van der Waals surface area contributed by atoms with Crippen molar-refractivity contribution >= 4 is 5.91 Å². The molecule has 5 rings (SSSR count). The van der Waals surface area contributed by atoms with Gasteiger partial charge in [-0.2, -0.15) is 5.10 Å². The van der Waals surface area contributed by atoms with Crippen LogP contribution < -0.4 is 0 Å². The zero-order chi connectivity index (χ0) is 28.1. The first kappa shape index (κ1) is 27.4. The zero-order valence-electron chi connectivity index (χ0n) is 23.8. The maximum absolute atomic E-state index is 14.9. The van der Waals surface area contributed by atoms with E-state index in [9.17, 15) is 13.6 Å². The number of aryl methyl sites for hydroxylation is 3. The smallest absolute Gasteiger partial charge is 0.227 e. The molecule has 3 aromatic rings. The number of nitrogens with zero attached hydrogens (tertiary/aromatic N) is 5. The molecule has 0 N–H and O–H groups in total. The van der Waals surface area contributed by atoms with Gasteiger partial charge in [0, 0.05) is 49.6 Å². The van der Waals surface area contributed by atoms with E-state index in [1.165, 1.54) is 23.3 Å². The molecule has 2 aliphatic rings. The van der Waals surface area contributed by atoms with Crippen LogP contribution >= 0.6 is 0 Å². The van der Waals surface area contributed by atoms with Gasteiger partial charge in [-0.05, 0) is 89.3 Å². The summed E-state index contributed by atoms with van der Waals surface area (Å²) in [7, 11) is 0. The number of hydrogen-bond donors (Lipinski definition) is 0. The molecule has 0 bridgehead atoms. The molecule has 0 aliphatic carbocycles. The van der Waals surface area contributed by atoms with Crippen molar-refractivity contribution in [2.75, 3.05) is 26.2 Å². The first-order chi connectivity index (χ1) is 18.4. The molecule has 8 heteroatoms. The highest BCUT2D eigenvalue weighted by molar-refractivity contribution is 5.81. The Hall–Kier alpha value is -3.13. The Morgan fingerprint density at radius 1 is 0.949 bits per heavy atom. The van der Waals surface area contributed by atoms with E-state index >= 15 is 0 Å². The molecule has 2 saturated heterocycles. The molecule has 2 aliphatic heterocycles. The maximum atomic E-state index is 14.9. The van der Waals surface area contributed by atoms with Gasteiger partial charge in [-0.3, -0.25) is 9.69 Å². The van der Waals surface area contributed by atoms with Crippen molar-refractivity contribution in [3.05, 3.63) is 76.4 Å². The quantitative estimate of drug-likeness (QED) is 0.431. The summed E-state index contributed by atoms with van der Waals surface area (Å²) >= 11 is 0. The van der Waals surface area contributed by atoms with Crippen molar-refractivity contribution in [2.45, 2.75) is 71.8 Å². The Balaban J connectivity index is 1.34. The number of rotatable bonds is 4. The van der Waals surface area contributed by atoms with Crippen molar-refractivity contribution in [2.24, 2.45) is 5.92 Å². The lowest BCUT2D eigenvalue weighted by molar-refractivity contribution is -0.136. The second-order valence-corrected chi connectivity index (χ2v) is 12.3. The van der Waals surface area contributed by atoms with E-state index in [-0.39, 0.29) is 29.2 Å². The number of halogens is 2. The largest absolute Gasteiger partial charge is 0.342 e. The van der Waals surface area contributed by atoms with Crippen molar-refractivity contribution in [1.82, 2.24) is 24.6 Å². The van der Waals surface area contributed by atoms with E-state index in [0.717, 1.165) is 36.2 Å². The van der Waals surface area contributed by atoms with Gasteiger partial charge < -0.3 is 4.90 Å². The average molecular weight is 536 g/mol. The molecule has 39 heavy (non-hydrogen) atoms. The summed E-state index contributed by atoms with van der Waals surface area (Å²) in [6.45, 7) is 14.8. The minimum Gasteiger partial charge on any atom is -0.342 e. The van der Waals surface area contributed by atoms with E-state index in [1.807, 2.05) is 16.5 Å². The molecule has 0 saturated carbocycles. The molecule has 0 spiro atoms. The third-order valence-corrected chi connectivity index (χ3v) is 8.59. The predicted octanol–water partition coefficient (Wildman–Crippen LogP) is 5.69. The number of carbonyl (C=O) groups is 1. The SMILES string of the molecule is Cc1nc(C2CCN(C(=O)[C@@H]3CN(C(C)(C)C)C[C@H]3c3ccc(F)cc3F)CC2)n(-c2ccc(C)c(C)c2)n1. The fourth-order valence-electron chi connectivity index (χ4n) is 6.05. The second-order valence-electron chi connectivity index (χ2n) is 12.3. The third kappa shape index (κ3) is 5.49. The van der Waals surface area contributed by atoms with Gasteiger partial charge in [0.1, 0.15) is 23.3 Å². The molecule has 2 aromatic carbocycles. The van der Waals surface area contributed by atoms with Crippen molar-refractivity contribution < 1.29 is 13.6 Å². The monoisotopic (exact) mass is 535 g/mol. The Morgan fingerprint density at radius 2 is 1.67 bits per heavy atom. The summed E-state index contributed by atoms with van der Waals surface area (Å²) in [5.74, 6) is 0.0578. The van der Waals surface area contributed by atoms with Gasteiger partial charge in [-0.15, -0.1) is 0 Å². The predicted molar refractivity (Wildman–Crippen MR) is 148 cm³/mol. The Kier molecular flexibility index (Phi) is 7.35. The van der Waals surface area contributed by atoms with Gasteiger partial charge in [0.2, 0.25) is 5.91 Å². The molecular formula is C31H39F2N5O. The first-order valence-electron chi connectivity index (χ1n) is 13.9. The summed E-state index contributed by atoms with van der Waals surface area (Å²) in [4.78, 5) is 22.9. The van der Waals surface area contributed by atoms with Crippen LogP contribution in [0.15, 0.2) is 36.4 Å². The lowest BCUT2D eigenvalue weighted by Gasteiger charge is -2.35. The van der Waals surface area contributed by atoms with E-state index in [0.29, 0.717) is 31.7 Å². The number of carbonyl (C=O) groups excluding carboxylic acids is 1. The van der Waals surface area contributed by atoms with Crippen LogP contribution in [0.5, 0.6) is 0 Å². The summed E-state index contributed by atoms with van der Waals surface area (Å²) < 4.78 is 30.5. The van der Waals surface area contributed by atoms with E-state index in [2.05, 4.69) is 57.7 Å². The van der Waals surface area contributed by atoms with Gasteiger partial charge >= 0.3 is 0 Å². The number of benzene rings is 2. The fraction of sp³-hybridized carbons (Fsp3) is 0.516. The molecule has 2 atom stereocenters. The Morgan fingerprint density at radius 3 is 2.31 bits per heavy atom. The van der Waals surface area contributed by atoms with Crippen molar-refractivity contribution in [1.29, 1.82) is 0 Å². The molecule has 6 nitrogen and oxygen atoms in total. The van der Waals surface area contributed by atoms with Gasteiger partial charge in [0.25, 0.3) is 0 Å². The lowest BCUT2D eigenvalue weighted by Crippen LogP contribution is -2.44. The zero-order valence-corrected chi connectivity index (χ0v) is 23.8. The van der Waals surface area contributed by atoms with Gasteiger partial charge in [0.15, 0.2) is 0 Å². The van der Waals surface area contributed by atoms with Gasteiger partial charge in [0.05, 0.1) is 11.6 Å². The van der Waals surface area contributed by atoms with Crippen LogP contribution in [0.25, 0.3) is 5.69 Å². The molecule has 1 aromatic heterocycles. The summed E-state index contributed by atoms with van der Waals surface area (Å²) in [6, 6.07) is 10.1. The van der Waals surface area contributed by atoms with Gasteiger partial charge in [-0.1, -0.05) is 12.1 Å². The van der Waals surface area contributed by atoms with Gasteiger partial charge in [-0.25, -0.2) is 18.4 Å². The second kappa shape index (κ2) is 10.5. The molecule has 3 heterocycles. The van der Waals surface area contributed by atoms with Crippen LogP contribution in [0.3, 0.4) is 0 Å². The topological polar surface area (TPSA) is 54.3 Å². The summed E-state index contributed by atoms with van der Waals surface area (Å²) in [6.07, 6.45) is 1.58. The molecule has 0 radical (unpaired) electrons. The molecule has 208 valence electrons. The minimum absolute atomic E-state index is 0.0562. The summed E-state index contributed by atoms with van der Waals surface area (Å²) in [5.41, 5.74) is 3.71. The van der Waals surface area contributed by atoms with Crippen LogP contribution in [-0.2, 0) is 4.79 Å². The highest BCUT2D eigenvalue weighted by Gasteiger charge is 2.45. The van der Waals surface area contributed by atoms with Crippen molar-refractivity contribution in [3.8, 4) is 5.69 Å². The number of likely N-dealkylation sites (tertiary alicyclic amines) is 2. The maximum Gasteiger partial charge on any atom is 0.227 e. The van der Waals surface area contributed by atoms with Crippen LogP contribution in [0.2, 0.25) is 0 Å². The van der Waals surface area contributed by atoms with Crippen LogP contribution in [0, 0.1) is 38.3 Å². The Labute approximate surface area is 230 Å². The molecular weight excluding hydrogens is 496 g/mol. The van der Waals surface area contributed by atoms with E-state index in [4.69, 9.17) is 10.1 Å². The standard InChI is InChI=1S/C31H39F2N5O/c1-19-7-9-24(15-20(19)2)38-29(34-21(3)35-38)22-11-13-36(14-12-22)30(39)27-18-37(31(4,5)6)17-26(27)25-10-8-23(32)16-28(25)33/h7-10,15-16,22,26-27H,11-14,17-18H2,1-6H3/t26-,27+/m0/s1. The molecule has 2 fully saturated rings. The molecule has 0 unspecified atom stereocenters. The Bertz CT molecular complexity index is 1370. The summed E-state index contributed by atoms with van der Waals surface area (Å²) in [5, 5.41) is 4.69. The van der Waals surface area contributed by atoms with Crippen molar-refractivity contribution in [3.63, 3.8) is 0 Å². The lowest BCUT2D eigenvalue weighted by atomic mass is 9.86. The fourth-order valence-corrected chi connectivity index (χ4v) is 6.05. The number of aromatic nitrogens is 3. The normalized spacial score (nSPS) is 21.1. The average Bonchev–Trinajstić information content (AvgIpc) is 3.50.